The van der Waals surface area contributed by atoms with E-state index in [9.17, 15) is 18.0 Å². The molecule has 2 rings (SSSR count). The van der Waals surface area contributed by atoms with E-state index >= 15 is 0 Å². The highest BCUT2D eigenvalue weighted by molar-refractivity contribution is 7.91. The highest BCUT2D eigenvalue weighted by Crippen LogP contribution is 2.27. The number of carbonyl (C=O) groups is 2. The maximum absolute atomic E-state index is 12.3. The van der Waals surface area contributed by atoms with E-state index in [1.54, 1.807) is 43.7 Å². The molecule has 8 nitrogen and oxygen atoms in total. The lowest BCUT2D eigenvalue weighted by Crippen LogP contribution is -2.38. The molecule has 0 aliphatic carbocycles. The number of para-hydroxylation sites is 1. The minimum atomic E-state index is -3.71. The van der Waals surface area contributed by atoms with E-state index in [4.69, 9.17) is 4.74 Å². The normalized spacial score (nSPS) is 12.2. The summed E-state index contributed by atoms with van der Waals surface area (Å²) in [6.45, 7) is 1.40. The minimum absolute atomic E-state index is 0.116. The summed E-state index contributed by atoms with van der Waals surface area (Å²) in [6, 6.07) is 9.84. The Kier molecular flexibility index (Phi) is 8.18. The van der Waals surface area contributed by atoms with Crippen molar-refractivity contribution >= 4 is 33.2 Å². The molecule has 0 fully saturated rings. The van der Waals surface area contributed by atoms with Gasteiger partial charge in [0.25, 0.3) is 15.9 Å². The van der Waals surface area contributed by atoms with Gasteiger partial charge >= 0.3 is 0 Å². The SMILES string of the molecule is CCC(NC(=O)CNS(=O)(=O)c1cccs1)c1ccccc1OCC(=O)N(C)C. The molecule has 2 N–H and O–H groups in total. The molecule has 10 heteroatoms. The van der Waals surface area contributed by atoms with E-state index < -0.39 is 15.9 Å². The largest absolute Gasteiger partial charge is 0.483 e. The summed E-state index contributed by atoms with van der Waals surface area (Å²) < 4.78 is 32.4. The minimum Gasteiger partial charge on any atom is -0.483 e. The van der Waals surface area contributed by atoms with Crippen LogP contribution in [0.1, 0.15) is 24.9 Å². The molecule has 2 aromatic rings. The number of amides is 2. The van der Waals surface area contributed by atoms with Crippen LogP contribution < -0.4 is 14.8 Å². The van der Waals surface area contributed by atoms with Crippen LogP contribution >= 0.6 is 11.3 Å². The number of carbonyl (C=O) groups excluding carboxylic acids is 2. The van der Waals surface area contributed by atoms with Crippen molar-refractivity contribution in [3.63, 3.8) is 0 Å². The maximum atomic E-state index is 12.3. The van der Waals surface area contributed by atoms with Crippen molar-refractivity contribution in [2.45, 2.75) is 23.6 Å². The van der Waals surface area contributed by atoms with Crippen molar-refractivity contribution < 1.29 is 22.7 Å². The van der Waals surface area contributed by atoms with E-state index in [0.29, 0.717) is 12.2 Å². The Balaban J connectivity index is 2.02. The summed E-state index contributed by atoms with van der Waals surface area (Å²) in [4.78, 5) is 25.6. The van der Waals surface area contributed by atoms with Gasteiger partial charge < -0.3 is 15.0 Å². The van der Waals surface area contributed by atoms with Gasteiger partial charge in [-0.05, 0) is 23.9 Å². The molecule has 0 aliphatic heterocycles. The molecule has 1 heterocycles. The average Bonchev–Trinajstić information content (AvgIpc) is 3.25. The summed E-state index contributed by atoms with van der Waals surface area (Å²) in [5, 5.41) is 4.47. The molecule has 1 aromatic heterocycles. The second-order valence-electron chi connectivity index (χ2n) is 6.40. The molecular formula is C19H25N3O5S2. The Morgan fingerprint density at radius 3 is 2.52 bits per heavy atom. The van der Waals surface area contributed by atoms with Crippen LogP contribution in [0.2, 0.25) is 0 Å². The Labute approximate surface area is 174 Å². The van der Waals surface area contributed by atoms with Gasteiger partial charge in [-0.15, -0.1) is 11.3 Å². The second kappa shape index (κ2) is 10.4. The lowest BCUT2D eigenvalue weighted by molar-refractivity contribution is -0.130. The summed E-state index contributed by atoms with van der Waals surface area (Å²) in [5.41, 5.74) is 0.719. The van der Waals surface area contributed by atoms with Gasteiger partial charge in [0.05, 0.1) is 12.6 Å². The highest BCUT2D eigenvalue weighted by atomic mass is 32.2. The van der Waals surface area contributed by atoms with Crippen LogP contribution in [0.3, 0.4) is 0 Å². The van der Waals surface area contributed by atoms with Gasteiger partial charge in [-0.3, -0.25) is 9.59 Å². The predicted octanol–water partition coefficient (Wildman–Crippen LogP) is 1.76. The Bertz CT molecular complexity index is 927. The Hall–Kier alpha value is -2.43. The number of likely N-dealkylation sites (N-methyl/N-ethyl adjacent to an activating group) is 1. The smallest absolute Gasteiger partial charge is 0.259 e. The van der Waals surface area contributed by atoms with Crippen LogP contribution in [-0.2, 0) is 19.6 Å². The summed E-state index contributed by atoms with van der Waals surface area (Å²) >= 11 is 1.08. The van der Waals surface area contributed by atoms with Gasteiger partial charge in [0.1, 0.15) is 9.96 Å². The van der Waals surface area contributed by atoms with Crippen LogP contribution in [-0.4, -0.2) is 52.4 Å². The van der Waals surface area contributed by atoms with Crippen LogP contribution in [0.5, 0.6) is 5.75 Å². The van der Waals surface area contributed by atoms with Crippen molar-refractivity contribution in [3.05, 3.63) is 47.3 Å². The van der Waals surface area contributed by atoms with E-state index in [-0.39, 0.29) is 29.3 Å². The molecule has 0 saturated carbocycles. The monoisotopic (exact) mass is 439 g/mol. The standard InChI is InChI=1S/C19H25N3O5S2/c1-4-15(14-8-5-6-9-16(14)27-13-18(24)22(2)3)21-17(23)12-20-29(25,26)19-10-7-11-28-19/h5-11,15,20H,4,12-13H2,1-3H3,(H,21,23). The molecule has 1 atom stereocenters. The fourth-order valence-electron chi connectivity index (χ4n) is 2.46. The molecule has 1 unspecified atom stereocenters. The molecule has 158 valence electrons. The van der Waals surface area contributed by atoms with Crippen molar-refractivity contribution in [2.75, 3.05) is 27.2 Å². The van der Waals surface area contributed by atoms with Crippen LogP contribution in [0.15, 0.2) is 46.0 Å². The predicted molar refractivity (Wildman–Crippen MR) is 111 cm³/mol. The molecule has 29 heavy (non-hydrogen) atoms. The number of nitrogens with zero attached hydrogens (tertiary/aromatic N) is 1. The molecule has 0 saturated heterocycles. The fraction of sp³-hybridized carbons (Fsp3) is 0.368. The molecule has 0 spiro atoms. The van der Waals surface area contributed by atoms with Gasteiger partial charge in [-0.2, -0.15) is 0 Å². The van der Waals surface area contributed by atoms with Gasteiger partial charge in [-0.1, -0.05) is 31.2 Å². The zero-order chi connectivity index (χ0) is 21.4. The molecule has 0 bridgehead atoms. The second-order valence-corrected chi connectivity index (χ2v) is 9.34. The van der Waals surface area contributed by atoms with Gasteiger partial charge in [0.15, 0.2) is 6.61 Å². The van der Waals surface area contributed by atoms with E-state index in [1.165, 1.54) is 11.0 Å². The number of rotatable bonds is 10. The Morgan fingerprint density at radius 2 is 1.90 bits per heavy atom. The number of sulfonamides is 1. The van der Waals surface area contributed by atoms with Crippen LogP contribution in [0, 0.1) is 0 Å². The topological polar surface area (TPSA) is 105 Å². The molecule has 1 aromatic carbocycles. The van der Waals surface area contributed by atoms with Gasteiger partial charge in [-0.25, -0.2) is 13.1 Å². The lowest BCUT2D eigenvalue weighted by atomic mass is 10.0. The number of nitrogens with one attached hydrogen (secondary N) is 2. The zero-order valence-electron chi connectivity index (χ0n) is 16.5. The van der Waals surface area contributed by atoms with Crippen LogP contribution in [0.25, 0.3) is 0 Å². The fourth-order valence-corrected chi connectivity index (χ4v) is 4.48. The average molecular weight is 440 g/mol. The first-order valence-corrected chi connectivity index (χ1v) is 11.3. The van der Waals surface area contributed by atoms with Crippen molar-refractivity contribution in [3.8, 4) is 5.75 Å². The zero-order valence-corrected chi connectivity index (χ0v) is 18.2. The summed E-state index contributed by atoms with van der Waals surface area (Å²) in [6.07, 6.45) is 0.561. The van der Waals surface area contributed by atoms with Gasteiger partial charge in [0.2, 0.25) is 5.91 Å². The summed E-state index contributed by atoms with van der Waals surface area (Å²) in [7, 11) is -0.427. The van der Waals surface area contributed by atoms with E-state index in [1.807, 2.05) is 13.0 Å². The first kappa shape index (κ1) is 22.9. The van der Waals surface area contributed by atoms with E-state index in [0.717, 1.165) is 16.9 Å². The first-order valence-electron chi connectivity index (χ1n) is 8.99. The maximum Gasteiger partial charge on any atom is 0.259 e. The molecule has 0 radical (unpaired) electrons. The third-order valence-corrected chi connectivity index (χ3v) is 6.87. The molecule has 0 aliphatic rings. The molecule has 2 amide bonds. The van der Waals surface area contributed by atoms with Crippen molar-refractivity contribution in [2.24, 2.45) is 0 Å². The third kappa shape index (κ3) is 6.55. The van der Waals surface area contributed by atoms with Crippen LogP contribution in [0.4, 0.5) is 0 Å². The van der Waals surface area contributed by atoms with Crippen molar-refractivity contribution in [1.29, 1.82) is 0 Å². The summed E-state index contributed by atoms with van der Waals surface area (Å²) in [5.74, 6) is -0.148. The number of ether oxygens (including phenoxy) is 1. The number of hydrogen-bond donors (Lipinski definition) is 2. The van der Waals surface area contributed by atoms with E-state index in [2.05, 4.69) is 10.0 Å². The number of benzene rings is 1. The lowest BCUT2D eigenvalue weighted by Gasteiger charge is -2.21. The number of thiophene rings is 1. The molecular weight excluding hydrogens is 414 g/mol. The Morgan fingerprint density at radius 1 is 1.17 bits per heavy atom. The highest BCUT2D eigenvalue weighted by Gasteiger charge is 2.20. The van der Waals surface area contributed by atoms with Crippen molar-refractivity contribution in [1.82, 2.24) is 14.9 Å². The number of hydrogen-bond acceptors (Lipinski definition) is 6. The first-order chi connectivity index (χ1) is 13.7. The van der Waals surface area contributed by atoms with Gasteiger partial charge in [0, 0.05) is 19.7 Å². The third-order valence-electron chi connectivity index (χ3n) is 4.07. The quantitative estimate of drug-likeness (QED) is 0.587.